The van der Waals surface area contributed by atoms with E-state index in [0.717, 1.165) is 4.60 Å². The van der Waals surface area contributed by atoms with Gasteiger partial charge in [-0.25, -0.2) is 4.79 Å². The Kier molecular flexibility index (Phi) is 3.57. The first kappa shape index (κ1) is 12.9. The largest absolute Gasteiger partial charge is 0.478 e. The summed E-state index contributed by atoms with van der Waals surface area (Å²) in [4.78, 5) is 10.9. The third kappa shape index (κ3) is 2.48. The average molecular weight is 308 g/mol. The van der Waals surface area contributed by atoms with Crippen LogP contribution in [0.4, 0.5) is 0 Å². The van der Waals surface area contributed by atoms with Crippen LogP contribution < -0.4 is 0 Å². The van der Waals surface area contributed by atoms with Crippen LogP contribution in [0.5, 0.6) is 0 Å². The van der Waals surface area contributed by atoms with Crippen molar-refractivity contribution in [1.29, 1.82) is 0 Å². The SMILES string of the molecule is Cc1cccc(C)c1Cn1cc(C(=O)O)cc1Br. The third-order valence-corrected chi connectivity index (χ3v) is 3.75. The number of hydrogen-bond acceptors (Lipinski definition) is 1. The summed E-state index contributed by atoms with van der Waals surface area (Å²) >= 11 is 3.39. The van der Waals surface area contributed by atoms with Gasteiger partial charge in [-0.1, -0.05) is 18.2 Å². The highest BCUT2D eigenvalue weighted by Crippen LogP contribution is 2.20. The van der Waals surface area contributed by atoms with Crippen molar-refractivity contribution in [3.05, 3.63) is 57.3 Å². The highest BCUT2D eigenvalue weighted by Gasteiger charge is 2.11. The molecule has 0 spiro atoms. The van der Waals surface area contributed by atoms with Crippen molar-refractivity contribution < 1.29 is 9.90 Å². The lowest BCUT2D eigenvalue weighted by molar-refractivity contribution is 0.0697. The summed E-state index contributed by atoms with van der Waals surface area (Å²) in [5.74, 6) is -0.907. The van der Waals surface area contributed by atoms with Gasteiger partial charge >= 0.3 is 5.97 Å². The number of nitrogens with zero attached hydrogens (tertiary/aromatic N) is 1. The molecule has 0 saturated heterocycles. The monoisotopic (exact) mass is 307 g/mol. The number of hydrogen-bond donors (Lipinski definition) is 1. The standard InChI is InChI=1S/C14H14BrNO2/c1-9-4-3-5-10(2)12(9)8-16-7-11(14(17)18)6-13(16)15/h3-7H,8H2,1-2H3,(H,17,18). The maximum Gasteiger partial charge on any atom is 0.337 e. The summed E-state index contributed by atoms with van der Waals surface area (Å²) in [6.07, 6.45) is 1.65. The smallest absolute Gasteiger partial charge is 0.337 e. The zero-order valence-electron chi connectivity index (χ0n) is 10.3. The molecule has 1 aromatic carbocycles. The quantitative estimate of drug-likeness (QED) is 0.941. The van der Waals surface area contributed by atoms with E-state index < -0.39 is 5.97 Å². The van der Waals surface area contributed by atoms with E-state index in [1.165, 1.54) is 16.7 Å². The van der Waals surface area contributed by atoms with Gasteiger partial charge in [0.25, 0.3) is 0 Å². The van der Waals surface area contributed by atoms with Gasteiger partial charge in [-0.3, -0.25) is 0 Å². The van der Waals surface area contributed by atoms with Crippen molar-refractivity contribution in [2.45, 2.75) is 20.4 Å². The molecule has 0 bridgehead atoms. The molecule has 0 saturated carbocycles. The molecule has 94 valence electrons. The normalized spacial score (nSPS) is 10.6. The molecule has 3 nitrogen and oxygen atoms in total. The van der Waals surface area contributed by atoms with Gasteiger partial charge in [0.2, 0.25) is 0 Å². The Morgan fingerprint density at radius 1 is 1.33 bits per heavy atom. The van der Waals surface area contributed by atoms with E-state index in [9.17, 15) is 4.79 Å². The number of carboxylic acid groups (broad SMARTS) is 1. The number of aromatic carboxylic acids is 1. The first-order valence-electron chi connectivity index (χ1n) is 5.63. The van der Waals surface area contributed by atoms with Gasteiger partial charge in [0.05, 0.1) is 10.2 Å². The molecule has 0 amide bonds. The van der Waals surface area contributed by atoms with E-state index in [2.05, 4.69) is 41.9 Å². The van der Waals surface area contributed by atoms with Crippen molar-refractivity contribution in [3.8, 4) is 0 Å². The molecule has 18 heavy (non-hydrogen) atoms. The number of benzene rings is 1. The van der Waals surface area contributed by atoms with Crippen molar-refractivity contribution in [2.24, 2.45) is 0 Å². The maximum atomic E-state index is 10.9. The van der Waals surface area contributed by atoms with Crippen molar-refractivity contribution in [2.75, 3.05) is 0 Å². The molecule has 1 N–H and O–H groups in total. The second-order valence-electron chi connectivity index (χ2n) is 4.35. The maximum absolute atomic E-state index is 10.9. The Morgan fingerprint density at radius 2 is 1.94 bits per heavy atom. The van der Waals surface area contributed by atoms with E-state index in [0.29, 0.717) is 12.1 Å². The lowest BCUT2D eigenvalue weighted by Crippen LogP contribution is -2.03. The van der Waals surface area contributed by atoms with Crippen LogP contribution >= 0.6 is 15.9 Å². The number of carbonyl (C=O) groups is 1. The molecular formula is C14H14BrNO2. The Labute approximate surface area is 114 Å². The first-order chi connectivity index (χ1) is 8.49. The number of rotatable bonds is 3. The van der Waals surface area contributed by atoms with Crippen LogP contribution in [0, 0.1) is 13.8 Å². The average Bonchev–Trinajstić information content (AvgIpc) is 2.66. The van der Waals surface area contributed by atoms with Gasteiger partial charge in [0, 0.05) is 12.7 Å². The molecule has 2 rings (SSSR count). The lowest BCUT2D eigenvalue weighted by atomic mass is 10.0. The van der Waals surface area contributed by atoms with Crippen LogP contribution in [0.3, 0.4) is 0 Å². The van der Waals surface area contributed by atoms with Crippen LogP contribution in [-0.4, -0.2) is 15.6 Å². The summed E-state index contributed by atoms with van der Waals surface area (Å²) in [6, 6.07) is 7.78. The molecule has 0 aliphatic heterocycles. The summed E-state index contributed by atoms with van der Waals surface area (Å²) < 4.78 is 2.68. The molecule has 0 radical (unpaired) electrons. The van der Waals surface area contributed by atoms with Crippen LogP contribution in [0.25, 0.3) is 0 Å². The van der Waals surface area contributed by atoms with E-state index in [1.807, 2.05) is 10.6 Å². The second kappa shape index (κ2) is 4.98. The summed E-state index contributed by atoms with van der Waals surface area (Å²) in [5.41, 5.74) is 3.96. The molecule has 1 aromatic heterocycles. The molecule has 0 fully saturated rings. The van der Waals surface area contributed by atoms with E-state index >= 15 is 0 Å². The highest BCUT2D eigenvalue weighted by molar-refractivity contribution is 9.10. The van der Waals surface area contributed by atoms with Crippen molar-refractivity contribution in [1.82, 2.24) is 4.57 Å². The molecule has 0 unspecified atom stereocenters. The van der Waals surface area contributed by atoms with Crippen molar-refractivity contribution >= 4 is 21.9 Å². The van der Waals surface area contributed by atoms with Gasteiger partial charge < -0.3 is 9.67 Å². The molecule has 0 atom stereocenters. The summed E-state index contributed by atoms with van der Waals surface area (Å²) in [5, 5.41) is 8.96. The second-order valence-corrected chi connectivity index (χ2v) is 5.17. The molecule has 4 heteroatoms. The minimum absolute atomic E-state index is 0.299. The zero-order valence-corrected chi connectivity index (χ0v) is 11.9. The van der Waals surface area contributed by atoms with E-state index in [1.54, 1.807) is 12.3 Å². The molecule has 2 aromatic rings. The minimum atomic E-state index is -0.907. The van der Waals surface area contributed by atoms with Gasteiger partial charge in [-0.2, -0.15) is 0 Å². The number of aromatic nitrogens is 1. The fourth-order valence-corrected chi connectivity index (χ4v) is 2.46. The van der Waals surface area contributed by atoms with Crippen LogP contribution in [0.15, 0.2) is 35.1 Å². The molecule has 1 heterocycles. The third-order valence-electron chi connectivity index (χ3n) is 3.06. The van der Waals surface area contributed by atoms with E-state index in [4.69, 9.17) is 5.11 Å². The fraction of sp³-hybridized carbons (Fsp3) is 0.214. The number of halogens is 1. The van der Waals surface area contributed by atoms with Gasteiger partial charge in [0.1, 0.15) is 0 Å². The zero-order chi connectivity index (χ0) is 13.3. The molecule has 0 aliphatic rings. The molecule has 0 aliphatic carbocycles. The Bertz CT molecular complexity index is 582. The van der Waals surface area contributed by atoms with Gasteiger partial charge in [-0.05, 0) is 52.5 Å². The van der Waals surface area contributed by atoms with Crippen LogP contribution in [0.2, 0.25) is 0 Å². The first-order valence-corrected chi connectivity index (χ1v) is 6.42. The Hall–Kier alpha value is -1.55. The minimum Gasteiger partial charge on any atom is -0.478 e. The van der Waals surface area contributed by atoms with Crippen LogP contribution in [-0.2, 0) is 6.54 Å². The number of carboxylic acids is 1. The Balaban J connectivity index is 2.37. The topological polar surface area (TPSA) is 42.2 Å². The van der Waals surface area contributed by atoms with E-state index in [-0.39, 0.29) is 0 Å². The lowest BCUT2D eigenvalue weighted by Gasteiger charge is -2.11. The van der Waals surface area contributed by atoms with Crippen LogP contribution in [0.1, 0.15) is 27.0 Å². The van der Waals surface area contributed by atoms with Gasteiger partial charge in [0.15, 0.2) is 0 Å². The highest BCUT2D eigenvalue weighted by atomic mass is 79.9. The molecular weight excluding hydrogens is 294 g/mol. The summed E-state index contributed by atoms with van der Waals surface area (Å²) in [6.45, 7) is 4.81. The summed E-state index contributed by atoms with van der Waals surface area (Å²) in [7, 11) is 0. The van der Waals surface area contributed by atoms with Gasteiger partial charge in [-0.15, -0.1) is 0 Å². The Morgan fingerprint density at radius 3 is 2.44 bits per heavy atom. The van der Waals surface area contributed by atoms with Crippen molar-refractivity contribution in [3.63, 3.8) is 0 Å². The predicted molar refractivity (Wildman–Crippen MR) is 74.1 cm³/mol. The fourth-order valence-electron chi connectivity index (χ4n) is 1.98. The predicted octanol–water partition coefficient (Wildman–Crippen LogP) is 3.61. The number of aryl methyl sites for hydroxylation is 2.